The van der Waals surface area contributed by atoms with E-state index in [4.69, 9.17) is 0 Å². The minimum atomic E-state index is -0.542. The summed E-state index contributed by atoms with van der Waals surface area (Å²) in [6.45, 7) is 5.64. The first-order valence-electron chi connectivity index (χ1n) is 10.5. The average Bonchev–Trinajstić information content (AvgIpc) is 3.42. The molecule has 1 aliphatic heterocycles. The quantitative estimate of drug-likeness (QED) is 0.613. The summed E-state index contributed by atoms with van der Waals surface area (Å²) in [6, 6.07) is 11.8. The first-order chi connectivity index (χ1) is 14.6. The molecule has 0 radical (unpaired) electrons. The van der Waals surface area contributed by atoms with E-state index in [-0.39, 0.29) is 11.8 Å². The second-order valence-electron chi connectivity index (χ2n) is 7.81. The maximum absolute atomic E-state index is 13.2. The molecule has 1 aliphatic rings. The Bertz CT molecular complexity index is 990. The molecule has 3 aromatic rings. The normalized spacial score (nSPS) is 16.0. The second kappa shape index (κ2) is 9.45. The van der Waals surface area contributed by atoms with Crippen LogP contribution in [0.4, 0.5) is 0 Å². The number of rotatable bonds is 7. The summed E-state index contributed by atoms with van der Waals surface area (Å²) in [7, 11) is 0. The molecule has 1 unspecified atom stereocenters. The van der Waals surface area contributed by atoms with Crippen LogP contribution in [0, 0.1) is 0 Å². The lowest BCUT2D eigenvalue weighted by Crippen LogP contribution is -2.55. The van der Waals surface area contributed by atoms with Crippen molar-refractivity contribution in [3.8, 4) is 0 Å². The molecule has 158 valence electrons. The summed E-state index contributed by atoms with van der Waals surface area (Å²) < 4.78 is 0. The summed E-state index contributed by atoms with van der Waals surface area (Å²) in [6.07, 6.45) is 3.48. The summed E-state index contributed by atoms with van der Waals surface area (Å²) in [5.74, 6) is -0.170. The Balaban J connectivity index is 1.37. The number of para-hydroxylation sites is 1. The van der Waals surface area contributed by atoms with Gasteiger partial charge in [-0.25, -0.2) is 0 Å². The van der Waals surface area contributed by atoms with Crippen molar-refractivity contribution in [3.63, 3.8) is 0 Å². The van der Waals surface area contributed by atoms with Crippen LogP contribution in [0.2, 0.25) is 0 Å². The van der Waals surface area contributed by atoms with Gasteiger partial charge in [0.05, 0.1) is 0 Å². The Morgan fingerprint density at radius 1 is 1.13 bits per heavy atom. The van der Waals surface area contributed by atoms with Crippen molar-refractivity contribution in [1.29, 1.82) is 0 Å². The third kappa shape index (κ3) is 4.91. The Hall–Kier alpha value is -2.64. The lowest BCUT2D eigenvalue weighted by molar-refractivity contribution is -0.137. The van der Waals surface area contributed by atoms with Crippen LogP contribution in [-0.4, -0.2) is 65.4 Å². The monoisotopic (exact) mass is 424 g/mol. The van der Waals surface area contributed by atoms with Crippen LogP contribution in [0.3, 0.4) is 0 Å². The SMILES string of the molecule is CC(=O)NC(Cc1c[nH]c2ccccc12)C(=O)N1CCN(CCc2cccs2)CC1. The Labute approximate surface area is 180 Å². The molecule has 1 aromatic carbocycles. The Kier molecular flexibility index (Phi) is 6.50. The molecular weight excluding hydrogens is 396 g/mol. The van der Waals surface area contributed by atoms with Crippen LogP contribution in [0.1, 0.15) is 17.4 Å². The van der Waals surface area contributed by atoms with E-state index >= 15 is 0 Å². The summed E-state index contributed by atoms with van der Waals surface area (Å²) in [5, 5.41) is 6.09. The zero-order valence-electron chi connectivity index (χ0n) is 17.3. The number of aromatic amines is 1. The largest absolute Gasteiger partial charge is 0.361 e. The highest BCUT2D eigenvalue weighted by Gasteiger charge is 2.28. The average molecular weight is 425 g/mol. The van der Waals surface area contributed by atoms with Crippen LogP contribution >= 0.6 is 11.3 Å². The number of nitrogens with zero attached hydrogens (tertiary/aromatic N) is 2. The molecule has 0 bridgehead atoms. The minimum absolute atomic E-state index is 0.00777. The number of carbonyl (C=O) groups excluding carboxylic acids is 2. The molecule has 3 heterocycles. The molecule has 2 aromatic heterocycles. The first kappa shape index (κ1) is 20.6. The molecule has 6 nitrogen and oxygen atoms in total. The van der Waals surface area contributed by atoms with Crippen molar-refractivity contribution in [3.05, 3.63) is 58.4 Å². The van der Waals surface area contributed by atoms with E-state index in [1.165, 1.54) is 11.8 Å². The van der Waals surface area contributed by atoms with E-state index in [0.29, 0.717) is 19.5 Å². The van der Waals surface area contributed by atoms with E-state index in [2.05, 4.69) is 32.7 Å². The predicted octanol–water partition coefficient (Wildman–Crippen LogP) is 2.66. The van der Waals surface area contributed by atoms with E-state index < -0.39 is 6.04 Å². The van der Waals surface area contributed by atoms with Gasteiger partial charge in [-0.15, -0.1) is 11.3 Å². The van der Waals surface area contributed by atoms with E-state index in [1.807, 2.05) is 35.4 Å². The fourth-order valence-corrected chi connectivity index (χ4v) is 4.80. The van der Waals surface area contributed by atoms with Crippen molar-refractivity contribution < 1.29 is 9.59 Å². The van der Waals surface area contributed by atoms with Crippen molar-refractivity contribution in [2.24, 2.45) is 0 Å². The van der Waals surface area contributed by atoms with Gasteiger partial charge in [0, 0.05) is 68.0 Å². The standard InChI is InChI=1S/C23H28N4O2S/c1-17(28)25-22(15-18-16-24-21-7-3-2-6-20(18)21)23(29)27-12-10-26(11-13-27)9-8-19-5-4-14-30-19/h2-7,14,16,22,24H,8-13,15H2,1H3,(H,25,28). The molecule has 30 heavy (non-hydrogen) atoms. The molecule has 2 N–H and O–H groups in total. The number of aromatic nitrogens is 1. The van der Waals surface area contributed by atoms with Gasteiger partial charge in [0.2, 0.25) is 11.8 Å². The maximum Gasteiger partial charge on any atom is 0.245 e. The van der Waals surface area contributed by atoms with Crippen LogP contribution < -0.4 is 5.32 Å². The maximum atomic E-state index is 13.2. The van der Waals surface area contributed by atoms with Crippen LogP contribution in [0.25, 0.3) is 10.9 Å². The molecule has 1 atom stereocenters. The Morgan fingerprint density at radius 2 is 1.93 bits per heavy atom. The predicted molar refractivity (Wildman–Crippen MR) is 121 cm³/mol. The number of amides is 2. The van der Waals surface area contributed by atoms with E-state index in [0.717, 1.165) is 42.5 Å². The topological polar surface area (TPSA) is 68.4 Å². The number of thiophene rings is 1. The smallest absolute Gasteiger partial charge is 0.245 e. The van der Waals surface area contributed by atoms with Gasteiger partial charge in [0.1, 0.15) is 6.04 Å². The minimum Gasteiger partial charge on any atom is -0.361 e. The number of fused-ring (bicyclic) bond motifs is 1. The third-order valence-electron chi connectivity index (χ3n) is 5.71. The summed E-state index contributed by atoms with van der Waals surface area (Å²) in [5.41, 5.74) is 2.09. The number of piperazine rings is 1. The number of hydrogen-bond acceptors (Lipinski definition) is 4. The van der Waals surface area contributed by atoms with Gasteiger partial charge in [-0.2, -0.15) is 0 Å². The highest BCUT2D eigenvalue weighted by molar-refractivity contribution is 7.09. The van der Waals surface area contributed by atoms with Crippen molar-refractivity contribution in [1.82, 2.24) is 20.1 Å². The number of benzene rings is 1. The number of nitrogens with one attached hydrogen (secondary N) is 2. The molecule has 0 aliphatic carbocycles. The fraction of sp³-hybridized carbons (Fsp3) is 0.391. The highest BCUT2D eigenvalue weighted by atomic mass is 32.1. The van der Waals surface area contributed by atoms with Gasteiger partial charge in [-0.3, -0.25) is 14.5 Å². The zero-order chi connectivity index (χ0) is 20.9. The first-order valence-corrected chi connectivity index (χ1v) is 11.3. The van der Waals surface area contributed by atoms with Gasteiger partial charge < -0.3 is 15.2 Å². The van der Waals surface area contributed by atoms with Crippen LogP contribution in [-0.2, 0) is 22.4 Å². The zero-order valence-corrected chi connectivity index (χ0v) is 18.1. The molecule has 7 heteroatoms. The molecule has 1 fully saturated rings. The third-order valence-corrected chi connectivity index (χ3v) is 6.65. The molecule has 0 saturated carbocycles. The fourth-order valence-electron chi connectivity index (χ4n) is 4.10. The second-order valence-corrected chi connectivity index (χ2v) is 8.85. The van der Waals surface area contributed by atoms with Crippen molar-refractivity contribution in [2.45, 2.75) is 25.8 Å². The molecule has 4 rings (SSSR count). The Morgan fingerprint density at radius 3 is 2.67 bits per heavy atom. The van der Waals surface area contributed by atoms with Gasteiger partial charge in [0.25, 0.3) is 0 Å². The molecular formula is C23H28N4O2S. The van der Waals surface area contributed by atoms with E-state index in [9.17, 15) is 9.59 Å². The lowest BCUT2D eigenvalue weighted by Gasteiger charge is -2.36. The summed E-state index contributed by atoms with van der Waals surface area (Å²) >= 11 is 1.79. The molecule has 1 saturated heterocycles. The van der Waals surface area contributed by atoms with Gasteiger partial charge in [-0.05, 0) is 29.5 Å². The molecule has 0 spiro atoms. The number of hydrogen-bond donors (Lipinski definition) is 2. The van der Waals surface area contributed by atoms with E-state index in [1.54, 1.807) is 11.3 Å². The van der Waals surface area contributed by atoms with Crippen molar-refractivity contribution in [2.75, 3.05) is 32.7 Å². The van der Waals surface area contributed by atoms with Crippen LogP contribution in [0.5, 0.6) is 0 Å². The summed E-state index contributed by atoms with van der Waals surface area (Å²) in [4.78, 5) is 34.0. The highest BCUT2D eigenvalue weighted by Crippen LogP contribution is 2.20. The van der Waals surface area contributed by atoms with Gasteiger partial charge in [0.15, 0.2) is 0 Å². The van der Waals surface area contributed by atoms with Gasteiger partial charge >= 0.3 is 0 Å². The van der Waals surface area contributed by atoms with Crippen LogP contribution in [0.15, 0.2) is 48.0 Å². The van der Waals surface area contributed by atoms with Gasteiger partial charge in [-0.1, -0.05) is 24.3 Å². The molecule has 2 amide bonds. The van der Waals surface area contributed by atoms with Crippen molar-refractivity contribution >= 4 is 34.1 Å². The number of carbonyl (C=O) groups is 2. The number of H-pyrrole nitrogens is 1. The lowest BCUT2D eigenvalue weighted by atomic mass is 10.0.